The standard InChI is InChI=1S/C22H25N5O2/c28-21(19-17-24-27-12-5-4-10-20(19)27)25-13-15-26(16-14-25)22(29)23-11-6-9-18-7-2-1-3-8-18/h1-5,7-8,10,12,17H,6,9,11,13-16H2,(H,23,29). The van der Waals surface area contributed by atoms with Crippen LogP contribution in [0.2, 0.25) is 0 Å². The highest BCUT2D eigenvalue weighted by Crippen LogP contribution is 2.14. The van der Waals surface area contributed by atoms with Crippen LogP contribution in [0.5, 0.6) is 0 Å². The van der Waals surface area contributed by atoms with Crippen LogP contribution in [-0.2, 0) is 6.42 Å². The van der Waals surface area contributed by atoms with E-state index in [1.807, 2.05) is 42.6 Å². The number of urea groups is 1. The Morgan fingerprint density at radius 3 is 2.45 bits per heavy atom. The molecule has 7 nitrogen and oxygen atoms in total. The molecular weight excluding hydrogens is 366 g/mol. The number of nitrogens with zero attached hydrogens (tertiary/aromatic N) is 4. The Bertz CT molecular complexity index is 977. The molecular formula is C22H25N5O2. The normalized spacial score (nSPS) is 14.2. The van der Waals surface area contributed by atoms with Crippen molar-refractivity contribution < 1.29 is 9.59 Å². The van der Waals surface area contributed by atoms with Crippen LogP contribution in [0.3, 0.4) is 0 Å². The molecule has 3 heterocycles. The molecule has 0 bridgehead atoms. The maximum atomic E-state index is 12.9. The summed E-state index contributed by atoms with van der Waals surface area (Å²) in [6.45, 7) is 2.78. The Hall–Kier alpha value is -3.35. The number of pyridine rings is 1. The van der Waals surface area contributed by atoms with Gasteiger partial charge in [0.15, 0.2) is 0 Å². The average molecular weight is 391 g/mol. The van der Waals surface area contributed by atoms with Crippen LogP contribution in [-0.4, -0.2) is 64.1 Å². The van der Waals surface area contributed by atoms with E-state index < -0.39 is 0 Å². The van der Waals surface area contributed by atoms with Crippen molar-refractivity contribution in [2.45, 2.75) is 12.8 Å². The molecule has 0 aliphatic carbocycles. The fourth-order valence-corrected chi connectivity index (χ4v) is 3.63. The third kappa shape index (κ3) is 4.39. The zero-order chi connectivity index (χ0) is 20.1. The van der Waals surface area contributed by atoms with Crippen molar-refractivity contribution in [2.75, 3.05) is 32.7 Å². The molecule has 2 aromatic heterocycles. The number of nitrogens with one attached hydrogen (secondary N) is 1. The van der Waals surface area contributed by atoms with Crippen molar-refractivity contribution in [3.63, 3.8) is 0 Å². The van der Waals surface area contributed by atoms with Gasteiger partial charge in [-0.25, -0.2) is 9.31 Å². The lowest BCUT2D eigenvalue weighted by atomic mass is 10.1. The van der Waals surface area contributed by atoms with Gasteiger partial charge in [-0.2, -0.15) is 5.10 Å². The largest absolute Gasteiger partial charge is 0.338 e. The van der Waals surface area contributed by atoms with Gasteiger partial charge in [-0.3, -0.25) is 4.79 Å². The number of aromatic nitrogens is 2. The molecule has 4 rings (SSSR count). The van der Waals surface area contributed by atoms with Gasteiger partial charge < -0.3 is 15.1 Å². The van der Waals surface area contributed by atoms with Crippen LogP contribution in [0.15, 0.2) is 60.9 Å². The monoisotopic (exact) mass is 391 g/mol. The first-order valence-electron chi connectivity index (χ1n) is 10.0. The number of hydrogen-bond donors (Lipinski definition) is 1. The summed E-state index contributed by atoms with van der Waals surface area (Å²) in [5, 5.41) is 7.22. The molecule has 0 spiro atoms. The van der Waals surface area contributed by atoms with Crippen molar-refractivity contribution in [1.82, 2.24) is 24.7 Å². The molecule has 1 aliphatic heterocycles. The molecule has 1 fully saturated rings. The minimum Gasteiger partial charge on any atom is -0.338 e. The van der Waals surface area contributed by atoms with Gasteiger partial charge in [-0.15, -0.1) is 0 Å². The van der Waals surface area contributed by atoms with E-state index >= 15 is 0 Å². The van der Waals surface area contributed by atoms with Crippen LogP contribution >= 0.6 is 0 Å². The van der Waals surface area contributed by atoms with Gasteiger partial charge in [0.1, 0.15) is 0 Å². The van der Waals surface area contributed by atoms with Crippen LogP contribution in [0, 0.1) is 0 Å². The van der Waals surface area contributed by atoms with E-state index in [0.717, 1.165) is 18.4 Å². The topological polar surface area (TPSA) is 70.0 Å². The Morgan fingerprint density at radius 2 is 1.66 bits per heavy atom. The minimum absolute atomic E-state index is 0.0332. The lowest BCUT2D eigenvalue weighted by Crippen LogP contribution is -2.53. The van der Waals surface area contributed by atoms with Crippen LogP contribution in [0.4, 0.5) is 4.79 Å². The van der Waals surface area contributed by atoms with Crippen LogP contribution in [0.25, 0.3) is 5.52 Å². The number of rotatable bonds is 5. The van der Waals surface area contributed by atoms with Crippen molar-refractivity contribution in [1.29, 1.82) is 0 Å². The number of carbonyl (C=O) groups is 2. The van der Waals surface area contributed by atoms with E-state index in [4.69, 9.17) is 0 Å². The molecule has 3 amide bonds. The van der Waals surface area contributed by atoms with E-state index in [1.54, 1.807) is 20.5 Å². The second kappa shape index (κ2) is 8.77. The van der Waals surface area contributed by atoms with Crippen LogP contribution in [0.1, 0.15) is 22.3 Å². The molecule has 29 heavy (non-hydrogen) atoms. The van der Waals surface area contributed by atoms with Gasteiger partial charge in [0.25, 0.3) is 5.91 Å². The summed E-state index contributed by atoms with van der Waals surface area (Å²) in [6.07, 6.45) is 5.29. The van der Waals surface area contributed by atoms with Crippen molar-refractivity contribution >= 4 is 17.5 Å². The number of benzene rings is 1. The number of carbonyl (C=O) groups excluding carboxylic acids is 2. The molecule has 0 radical (unpaired) electrons. The highest BCUT2D eigenvalue weighted by molar-refractivity contribution is 6.00. The van der Waals surface area contributed by atoms with Crippen LogP contribution < -0.4 is 5.32 Å². The minimum atomic E-state index is -0.0545. The summed E-state index contributed by atoms with van der Waals surface area (Å²) in [7, 11) is 0. The van der Waals surface area contributed by atoms with Gasteiger partial charge in [-0.1, -0.05) is 36.4 Å². The average Bonchev–Trinajstić information content (AvgIpc) is 3.21. The van der Waals surface area contributed by atoms with E-state index in [-0.39, 0.29) is 11.9 Å². The zero-order valence-electron chi connectivity index (χ0n) is 16.3. The second-order valence-electron chi connectivity index (χ2n) is 7.19. The Kier molecular flexibility index (Phi) is 5.74. The maximum Gasteiger partial charge on any atom is 0.317 e. The van der Waals surface area contributed by atoms with E-state index in [0.29, 0.717) is 38.3 Å². The van der Waals surface area contributed by atoms with Gasteiger partial charge in [-0.05, 0) is 30.5 Å². The van der Waals surface area contributed by atoms with Crippen molar-refractivity contribution in [3.05, 3.63) is 72.1 Å². The lowest BCUT2D eigenvalue weighted by Gasteiger charge is -2.34. The Balaban J connectivity index is 1.23. The third-order valence-corrected chi connectivity index (χ3v) is 5.27. The van der Waals surface area contributed by atoms with E-state index in [2.05, 4.69) is 22.5 Å². The molecule has 1 saturated heterocycles. The van der Waals surface area contributed by atoms with Crippen molar-refractivity contribution in [2.24, 2.45) is 0 Å². The predicted molar refractivity (Wildman–Crippen MR) is 111 cm³/mol. The molecule has 1 aliphatic rings. The summed E-state index contributed by atoms with van der Waals surface area (Å²) in [4.78, 5) is 28.8. The molecule has 0 saturated carbocycles. The molecule has 0 unspecified atom stereocenters. The fraction of sp³-hybridized carbons (Fsp3) is 0.318. The number of piperazine rings is 1. The molecule has 150 valence electrons. The number of hydrogen-bond acceptors (Lipinski definition) is 3. The summed E-state index contributed by atoms with van der Waals surface area (Å²) in [5.41, 5.74) is 2.68. The summed E-state index contributed by atoms with van der Waals surface area (Å²) < 4.78 is 1.70. The fourth-order valence-electron chi connectivity index (χ4n) is 3.63. The number of aryl methyl sites for hydroxylation is 1. The van der Waals surface area contributed by atoms with E-state index in [9.17, 15) is 9.59 Å². The Labute approximate surface area is 169 Å². The molecule has 1 aromatic carbocycles. The zero-order valence-corrected chi connectivity index (χ0v) is 16.3. The van der Waals surface area contributed by atoms with Gasteiger partial charge >= 0.3 is 6.03 Å². The quantitative estimate of drug-likeness (QED) is 0.679. The maximum absolute atomic E-state index is 12.9. The van der Waals surface area contributed by atoms with Crippen molar-refractivity contribution in [3.8, 4) is 0 Å². The molecule has 0 atom stereocenters. The SMILES string of the molecule is O=C(NCCCc1ccccc1)N1CCN(C(=O)c2cnn3ccccc23)CC1. The number of fused-ring (bicyclic) bond motifs is 1. The molecule has 3 aromatic rings. The Morgan fingerprint density at radius 1 is 0.931 bits per heavy atom. The van der Waals surface area contributed by atoms with Gasteiger partial charge in [0.2, 0.25) is 0 Å². The highest BCUT2D eigenvalue weighted by Gasteiger charge is 2.26. The number of amides is 3. The predicted octanol–water partition coefficient (Wildman–Crippen LogP) is 2.43. The first-order chi connectivity index (χ1) is 14.2. The smallest absolute Gasteiger partial charge is 0.317 e. The second-order valence-corrected chi connectivity index (χ2v) is 7.19. The summed E-state index contributed by atoms with van der Waals surface area (Å²) >= 11 is 0. The third-order valence-electron chi connectivity index (χ3n) is 5.27. The molecule has 1 N–H and O–H groups in total. The highest BCUT2D eigenvalue weighted by atomic mass is 16.2. The first-order valence-corrected chi connectivity index (χ1v) is 10.0. The van der Waals surface area contributed by atoms with Gasteiger partial charge in [0.05, 0.1) is 17.3 Å². The summed E-state index contributed by atoms with van der Waals surface area (Å²) in [5.74, 6) is -0.0332. The van der Waals surface area contributed by atoms with Gasteiger partial charge in [0, 0.05) is 38.9 Å². The lowest BCUT2D eigenvalue weighted by molar-refractivity contribution is 0.0667. The molecule has 7 heteroatoms. The summed E-state index contributed by atoms with van der Waals surface area (Å²) in [6, 6.07) is 15.9. The van der Waals surface area contributed by atoms with E-state index in [1.165, 1.54) is 5.56 Å². The first kappa shape index (κ1) is 19.0.